The lowest BCUT2D eigenvalue weighted by atomic mass is 10.2. The minimum Gasteiger partial charge on any atom is -0.462 e. The molecule has 0 saturated heterocycles. The molecule has 2 aromatic heterocycles. The first-order valence-electron chi connectivity index (χ1n) is 14.8. The second-order valence-corrected chi connectivity index (χ2v) is 12.4. The quantitative estimate of drug-likeness (QED) is 0.0683. The van der Waals surface area contributed by atoms with E-state index in [2.05, 4.69) is 31.2 Å². The number of benzene rings is 2. The summed E-state index contributed by atoms with van der Waals surface area (Å²) in [6.45, 7) is 9.41. The number of ether oxygens (including phenoxy) is 3. The van der Waals surface area contributed by atoms with Gasteiger partial charge in [-0.3, -0.25) is 10.6 Å². The molecule has 4 aromatic rings. The van der Waals surface area contributed by atoms with Crippen LogP contribution in [-0.2, 0) is 14.2 Å². The van der Waals surface area contributed by atoms with E-state index in [1.807, 2.05) is 30.5 Å². The van der Waals surface area contributed by atoms with Crippen LogP contribution in [0.4, 0.5) is 31.2 Å². The summed E-state index contributed by atoms with van der Waals surface area (Å²) in [7, 11) is 0. The highest BCUT2D eigenvalue weighted by atomic mass is 32.2. The Balaban J connectivity index is 0.000000267. The Hall–Kier alpha value is -5.00. The Morgan fingerprint density at radius 3 is 1.39 bits per heavy atom. The van der Waals surface area contributed by atoms with Gasteiger partial charge in [0.1, 0.15) is 9.75 Å². The van der Waals surface area contributed by atoms with E-state index in [0.29, 0.717) is 56.4 Å². The topological polar surface area (TPSA) is 187 Å². The van der Waals surface area contributed by atoms with Crippen LogP contribution in [0.2, 0.25) is 0 Å². The van der Waals surface area contributed by atoms with E-state index in [1.54, 1.807) is 70.6 Å². The third kappa shape index (κ3) is 11.9. The molecule has 49 heavy (non-hydrogen) atoms. The Bertz CT molecular complexity index is 1760. The number of rotatable bonds is 11. The monoisotopic (exact) mass is 728 g/mol. The highest BCUT2D eigenvalue weighted by Crippen LogP contribution is 2.25. The number of anilines is 4. The van der Waals surface area contributed by atoms with Gasteiger partial charge in [-0.15, -0.1) is 11.8 Å². The van der Waals surface area contributed by atoms with Crippen molar-refractivity contribution in [3.8, 4) is 0 Å². The molecule has 4 rings (SSSR count). The fourth-order valence-corrected chi connectivity index (χ4v) is 5.89. The molecule has 0 unspecified atom stereocenters. The summed E-state index contributed by atoms with van der Waals surface area (Å²) in [5.41, 5.74) is 2.59. The molecule has 0 aliphatic carbocycles. The number of hydrogen-bond acceptors (Lipinski definition) is 13. The van der Waals surface area contributed by atoms with Gasteiger partial charge in [0, 0.05) is 16.3 Å². The Morgan fingerprint density at radius 2 is 1.00 bits per heavy atom. The van der Waals surface area contributed by atoms with E-state index < -0.39 is 30.0 Å². The number of amides is 4. The number of esters is 3. The molecule has 0 radical (unpaired) electrons. The van der Waals surface area contributed by atoms with Gasteiger partial charge in [-0.25, -0.2) is 33.9 Å². The maximum Gasteiger partial charge on any atom is 0.350 e. The van der Waals surface area contributed by atoms with E-state index in [4.69, 9.17) is 14.2 Å². The lowest BCUT2D eigenvalue weighted by Gasteiger charge is -2.06. The van der Waals surface area contributed by atoms with Crippen molar-refractivity contribution in [3.63, 3.8) is 0 Å². The number of thioether (sulfide) groups is 1. The second kappa shape index (κ2) is 19.1. The molecular weight excluding hydrogens is 693 g/mol. The average Bonchev–Trinajstić information content (AvgIpc) is 3.62. The molecule has 0 aliphatic rings. The van der Waals surface area contributed by atoms with Crippen molar-refractivity contribution >= 4 is 86.0 Å². The second-order valence-electron chi connectivity index (χ2n) is 9.49. The van der Waals surface area contributed by atoms with Gasteiger partial charge in [0.25, 0.3) is 0 Å². The lowest BCUT2D eigenvalue weighted by molar-refractivity contribution is 0.0518. The van der Waals surface area contributed by atoms with Crippen molar-refractivity contribution in [1.82, 2.24) is 9.97 Å². The molecule has 2 heterocycles. The summed E-state index contributed by atoms with van der Waals surface area (Å²) in [6.07, 6.45) is 1.99. The Morgan fingerprint density at radius 1 is 0.612 bits per heavy atom. The van der Waals surface area contributed by atoms with Crippen molar-refractivity contribution < 1.29 is 38.2 Å². The number of carbonyl (C=O) groups excluding carboxylic acids is 5. The maximum absolute atomic E-state index is 12.1. The molecular formula is C32H36N6O8S3. The van der Waals surface area contributed by atoms with Crippen LogP contribution in [0.15, 0.2) is 53.4 Å². The van der Waals surface area contributed by atoms with Crippen LogP contribution in [0.25, 0.3) is 0 Å². The predicted octanol–water partition coefficient (Wildman–Crippen LogP) is 7.44. The average molecular weight is 729 g/mol. The van der Waals surface area contributed by atoms with Crippen LogP contribution in [-0.4, -0.2) is 66.0 Å². The van der Waals surface area contributed by atoms with Crippen LogP contribution in [0.1, 0.15) is 61.9 Å². The number of thiazole rings is 2. The van der Waals surface area contributed by atoms with E-state index in [0.717, 1.165) is 27.6 Å². The van der Waals surface area contributed by atoms with E-state index in [9.17, 15) is 24.0 Å². The Kier molecular flexibility index (Phi) is 15.0. The van der Waals surface area contributed by atoms with Gasteiger partial charge in [0.05, 0.1) is 36.8 Å². The molecule has 4 N–H and O–H groups in total. The van der Waals surface area contributed by atoms with Crippen molar-refractivity contribution in [1.29, 1.82) is 0 Å². The third-order valence-corrected chi connectivity index (χ3v) is 8.81. The summed E-state index contributed by atoms with van der Waals surface area (Å²) in [6, 6.07) is 12.8. The summed E-state index contributed by atoms with van der Waals surface area (Å²) < 4.78 is 14.8. The van der Waals surface area contributed by atoms with E-state index >= 15 is 0 Å². The zero-order valence-corrected chi connectivity index (χ0v) is 30.1. The first-order chi connectivity index (χ1) is 23.5. The van der Waals surface area contributed by atoms with Crippen molar-refractivity contribution in [2.45, 2.75) is 39.5 Å². The van der Waals surface area contributed by atoms with Crippen LogP contribution in [0.3, 0.4) is 0 Å². The van der Waals surface area contributed by atoms with Gasteiger partial charge >= 0.3 is 30.0 Å². The number of nitrogens with one attached hydrogen (secondary N) is 4. The van der Waals surface area contributed by atoms with Crippen molar-refractivity contribution in [2.24, 2.45) is 0 Å². The fourth-order valence-electron chi connectivity index (χ4n) is 3.77. The molecule has 0 aliphatic heterocycles. The summed E-state index contributed by atoms with van der Waals surface area (Å²) in [4.78, 5) is 69.3. The van der Waals surface area contributed by atoms with Gasteiger partial charge in [-0.2, -0.15) is 0 Å². The smallest absolute Gasteiger partial charge is 0.350 e. The van der Waals surface area contributed by atoms with Crippen molar-refractivity contribution in [2.75, 3.05) is 47.3 Å². The number of nitrogens with zero attached hydrogens (tertiary/aromatic N) is 2. The molecule has 0 fully saturated rings. The molecule has 0 atom stereocenters. The number of aryl methyl sites for hydroxylation is 2. The molecule has 14 nitrogen and oxygen atoms in total. The minimum atomic E-state index is -0.516. The number of carbonyl (C=O) groups is 5. The van der Waals surface area contributed by atoms with Crippen LogP contribution >= 0.6 is 34.4 Å². The summed E-state index contributed by atoms with van der Waals surface area (Å²) >= 11 is 3.76. The molecule has 2 aromatic carbocycles. The molecule has 0 bridgehead atoms. The number of urea groups is 2. The van der Waals surface area contributed by atoms with Crippen LogP contribution < -0.4 is 21.3 Å². The van der Waals surface area contributed by atoms with E-state index in [-0.39, 0.29) is 11.7 Å². The van der Waals surface area contributed by atoms with Gasteiger partial charge in [0.2, 0.25) is 0 Å². The SMILES string of the molecule is CCOC(=O)c1ccc(NC(=O)Nc2nc(C)c(C(=O)OCC)s2)cc1.CCOC(=O)c1sc(NC(=O)Nc2ccc(SC)cc2)nc1C. The first kappa shape index (κ1) is 38.4. The third-order valence-electron chi connectivity index (χ3n) is 5.96. The standard InChI is InChI=1S/C17H19N3O5S.C15H17N3O3S2/c1-4-24-14(21)11-6-8-12(9-7-11)19-16(23)20-17-18-10(3)13(26-17)15(22)25-5-2;1-4-21-13(19)12-9(2)16-15(23-12)18-14(20)17-10-5-7-11(22-3)8-6-10/h6-9H,4-5H2,1-3H3,(H2,18,19,20,23);5-8H,4H2,1-3H3,(H2,16,17,18,20). The maximum atomic E-state index is 12.1. The fraction of sp³-hybridized carbons (Fsp3) is 0.281. The highest BCUT2D eigenvalue weighted by molar-refractivity contribution is 7.98. The zero-order chi connectivity index (χ0) is 35.9. The molecule has 17 heteroatoms. The first-order valence-corrected chi connectivity index (χ1v) is 17.7. The normalized spacial score (nSPS) is 10.2. The van der Waals surface area contributed by atoms with Crippen molar-refractivity contribution in [3.05, 3.63) is 75.2 Å². The van der Waals surface area contributed by atoms with Gasteiger partial charge < -0.3 is 24.8 Å². The summed E-state index contributed by atoms with van der Waals surface area (Å²) in [5.74, 6) is -1.32. The largest absolute Gasteiger partial charge is 0.462 e. The van der Waals surface area contributed by atoms with Gasteiger partial charge in [-0.1, -0.05) is 22.7 Å². The van der Waals surface area contributed by atoms with E-state index in [1.165, 1.54) is 0 Å². The molecule has 4 amide bonds. The molecule has 0 saturated carbocycles. The molecule has 260 valence electrons. The van der Waals surface area contributed by atoms with Crippen LogP contribution in [0.5, 0.6) is 0 Å². The van der Waals surface area contributed by atoms with Gasteiger partial charge in [-0.05, 0) is 89.4 Å². The lowest BCUT2D eigenvalue weighted by Crippen LogP contribution is -2.19. The Labute approximate surface area is 295 Å². The van der Waals surface area contributed by atoms with Gasteiger partial charge in [0.15, 0.2) is 10.3 Å². The number of aromatic nitrogens is 2. The minimum absolute atomic E-state index is 0.265. The zero-order valence-electron chi connectivity index (χ0n) is 27.6. The highest BCUT2D eigenvalue weighted by Gasteiger charge is 2.19. The van der Waals surface area contributed by atoms with Crippen LogP contribution in [0, 0.1) is 13.8 Å². The molecule has 0 spiro atoms. The summed E-state index contributed by atoms with van der Waals surface area (Å²) in [5, 5.41) is 11.2. The predicted molar refractivity (Wildman–Crippen MR) is 192 cm³/mol. The number of hydrogen-bond donors (Lipinski definition) is 4.